The lowest BCUT2D eigenvalue weighted by molar-refractivity contribution is -0.131. The van der Waals surface area contributed by atoms with Gasteiger partial charge in [-0.15, -0.1) is 0 Å². The number of hydrogen-bond donors (Lipinski definition) is 2. The van der Waals surface area contributed by atoms with Gasteiger partial charge in [-0.05, 0) is 95.2 Å². The minimum Gasteiger partial charge on any atom is -0.506 e. The van der Waals surface area contributed by atoms with E-state index in [2.05, 4.69) is 24.1 Å². The highest BCUT2D eigenvalue weighted by atomic mass is 16.3. The van der Waals surface area contributed by atoms with Crippen molar-refractivity contribution in [3.05, 3.63) is 40.7 Å². The van der Waals surface area contributed by atoms with E-state index in [0.29, 0.717) is 41.1 Å². The Morgan fingerprint density at radius 3 is 2.04 bits per heavy atom. The molecule has 0 unspecified atom stereocenters. The van der Waals surface area contributed by atoms with E-state index in [1.807, 2.05) is 18.2 Å². The highest BCUT2D eigenvalue weighted by Crippen LogP contribution is 2.45. The number of rotatable bonds is 10. The van der Waals surface area contributed by atoms with Crippen LogP contribution in [-0.4, -0.2) is 52.6 Å². The smallest absolute Gasteiger partial charge is 0.277 e. The molecule has 0 atom stereocenters. The Bertz CT molecular complexity index is 1420. The van der Waals surface area contributed by atoms with Crippen molar-refractivity contribution >= 4 is 40.3 Å². The number of carbonyl (C=O) groups excluding carboxylic acids is 3. The normalized spacial score (nSPS) is 23.4. The SMILES string of the molecule is CCN(CC)c1ccc(C2=C(O)/C(=C3\C(=O)N(C(C4CCCCC4)C4CCCCC4)N=C3C)C2=O)c(NC(=O)CC2CCCC2)c1. The van der Waals surface area contributed by atoms with Gasteiger partial charge < -0.3 is 15.3 Å². The summed E-state index contributed by atoms with van der Waals surface area (Å²) >= 11 is 0. The average molecular weight is 629 g/mol. The third kappa shape index (κ3) is 6.28. The van der Waals surface area contributed by atoms with Gasteiger partial charge in [0.05, 0.1) is 34.2 Å². The lowest BCUT2D eigenvalue weighted by Crippen LogP contribution is -2.46. The molecular formula is C38H52N4O4. The van der Waals surface area contributed by atoms with Gasteiger partial charge in [-0.25, -0.2) is 5.01 Å². The molecule has 0 radical (unpaired) electrons. The summed E-state index contributed by atoms with van der Waals surface area (Å²) < 4.78 is 0. The van der Waals surface area contributed by atoms with Crippen molar-refractivity contribution in [1.82, 2.24) is 5.01 Å². The Kier molecular flexibility index (Phi) is 10.00. The van der Waals surface area contributed by atoms with Gasteiger partial charge in [-0.2, -0.15) is 5.10 Å². The minimum atomic E-state index is -0.369. The number of nitrogens with one attached hydrogen (secondary N) is 1. The van der Waals surface area contributed by atoms with Crippen LogP contribution in [0, 0.1) is 17.8 Å². The lowest BCUT2D eigenvalue weighted by Gasteiger charge is -2.41. The molecule has 4 aliphatic carbocycles. The standard InChI is InChI=1S/C38H52N4O4/c1-4-41(5-2)28-20-21-29(30(23-28)39-31(43)22-25-14-12-13-15-25)33-36(44)34(37(33)45)32-24(3)40-42(38(32)46)35(26-16-8-6-9-17-26)27-18-10-7-11-19-27/h20-21,23,25-27,35,44H,4-19,22H2,1-3H3,(H,39,43)/b34-32+. The molecule has 46 heavy (non-hydrogen) atoms. The first-order valence-electron chi connectivity index (χ1n) is 18.1. The van der Waals surface area contributed by atoms with Gasteiger partial charge in [-0.1, -0.05) is 51.4 Å². The highest BCUT2D eigenvalue weighted by Gasteiger charge is 2.47. The Labute approximate surface area is 274 Å². The number of benzene rings is 1. The predicted molar refractivity (Wildman–Crippen MR) is 184 cm³/mol. The summed E-state index contributed by atoms with van der Waals surface area (Å²) in [6.07, 6.45) is 16.6. The summed E-state index contributed by atoms with van der Waals surface area (Å²) in [6, 6.07) is 5.69. The fourth-order valence-corrected chi connectivity index (χ4v) is 8.95. The molecule has 0 spiro atoms. The lowest BCUT2D eigenvalue weighted by atomic mass is 9.73. The largest absolute Gasteiger partial charge is 0.506 e. The van der Waals surface area contributed by atoms with Crippen molar-refractivity contribution < 1.29 is 19.5 Å². The van der Waals surface area contributed by atoms with Gasteiger partial charge in [0.15, 0.2) is 0 Å². The molecule has 1 aromatic carbocycles. The van der Waals surface area contributed by atoms with Crippen LogP contribution in [0.5, 0.6) is 0 Å². The van der Waals surface area contributed by atoms with E-state index in [4.69, 9.17) is 5.10 Å². The number of Topliss-reactive ketones (excluding diaryl/α,β-unsaturated/α-hetero) is 1. The van der Waals surface area contributed by atoms with Crippen LogP contribution < -0.4 is 10.2 Å². The number of amides is 2. The number of hydrogen-bond acceptors (Lipinski definition) is 6. The zero-order valence-corrected chi connectivity index (χ0v) is 28.1. The number of carbonyl (C=O) groups is 3. The van der Waals surface area contributed by atoms with Gasteiger partial charge >= 0.3 is 0 Å². The number of ketones is 1. The summed E-state index contributed by atoms with van der Waals surface area (Å²) in [4.78, 5) is 43.5. The van der Waals surface area contributed by atoms with E-state index in [1.54, 1.807) is 11.9 Å². The van der Waals surface area contributed by atoms with Crippen molar-refractivity contribution in [3.63, 3.8) is 0 Å². The number of aliphatic hydroxyl groups is 1. The summed E-state index contributed by atoms with van der Waals surface area (Å²) in [5.41, 5.74) is 2.89. The molecular weight excluding hydrogens is 576 g/mol. The van der Waals surface area contributed by atoms with Crippen LogP contribution in [0.15, 0.2) is 40.2 Å². The second-order valence-corrected chi connectivity index (χ2v) is 14.2. The fourth-order valence-electron chi connectivity index (χ4n) is 8.95. The van der Waals surface area contributed by atoms with Crippen molar-refractivity contribution in [3.8, 4) is 0 Å². The highest BCUT2D eigenvalue weighted by molar-refractivity contribution is 6.44. The maximum atomic E-state index is 14.2. The molecule has 1 aliphatic heterocycles. The molecule has 3 fully saturated rings. The van der Waals surface area contributed by atoms with Gasteiger partial charge in [-0.3, -0.25) is 14.4 Å². The maximum Gasteiger partial charge on any atom is 0.277 e. The van der Waals surface area contributed by atoms with Gasteiger partial charge in [0.25, 0.3) is 5.91 Å². The van der Waals surface area contributed by atoms with Crippen molar-refractivity contribution in [2.45, 2.75) is 123 Å². The van der Waals surface area contributed by atoms with E-state index in [-0.39, 0.29) is 46.1 Å². The average Bonchev–Trinajstić information content (AvgIpc) is 3.67. The molecule has 5 aliphatic rings. The molecule has 0 aromatic heterocycles. The first-order chi connectivity index (χ1) is 22.3. The van der Waals surface area contributed by atoms with Gasteiger partial charge in [0, 0.05) is 30.8 Å². The molecule has 248 valence electrons. The summed E-state index contributed by atoms with van der Waals surface area (Å²) in [7, 11) is 0. The molecule has 3 saturated carbocycles. The molecule has 0 bridgehead atoms. The minimum absolute atomic E-state index is 0.0382. The molecule has 8 nitrogen and oxygen atoms in total. The van der Waals surface area contributed by atoms with Crippen LogP contribution in [0.2, 0.25) is 0 Å². The first-order valence-corrected chi connectivity index (χ1v) is 18.1. The first kappa shape index (κ1) is 32.5. The van der Waals surface area contributed by atoms with Gasteiger partial charge in [0.2, 0.25) is 11.7 Å². The summed E-state index contributed by atoms with van der Waals surface area (Å²) in [5, 5.41) is 21.1. The molecule has 0 saturated heterocycles. The second-order valence-electron chi connectivity index (χ2n) is 14.2. The molecule has 2 amide bonds. The molecule has 8 heteroatoms. The molecule has 1 aromatic rings. The quantitative estimate of drug-likeness (QED) is 0.256. The van der Waals surface area contributed by atoms with E-state index < -0.39 is 0 Å². The Hall–Kier alpha value is -3.42. The molecule has 2 N–H and O–H groups in total. The van der Waals surface area contributed by atoms with E-state index >= 15 is 0 Å². The summed E-state index contributed by atoms with van der Waals surface area (Å²) in [5.74, 6) is 0.334. The van der Waals surface area contributed by atoms with Crippen LogP contribution in [-0.2, 0) is 14.4 Å². The number of anilines is 2. The Balaban J connectivity index is 1.32. The van der Waals surface area contributed by atoms with Crippen molar-refractivity contribution in [1.29, 1.82) is 0 Å². The number of allylic oxidation sites excluding steroid dienone is 2. The molecule has 6 rings (SSSR count). The van der Waals surface area contributed by atoms with E-state index in [0.717, 1.165) is 70.1 Å². The van der Waals surface area contributed by atoms with Crippen LogP contribution in [0.3, 0.4) is 0 Å². The Morgan fingerprint density at radius 2 is 1.48 bits per heavy atom. The van der Waals surface area contributed by atoms with E-state index in [1.165, 1.54) is 38.5 Å². The molecule has 1 heterocycles. The number of hydrazone groups is 1. The van der Waals surface area contributed by atoms with Crippen LogP contribution in [0.4, 0.5) is 11.4 Å². The van der Waals surface area contributed by atoms with Crippen molar-refractivity contribution in [2.75, 3.05) is 23.3 Å². The second kappa shape index (κ2) is 14.1. The van der Waals surface area contributed by atoms with Gasteiger partial charge in [0.1, 0.15) is 5.76 Å². The maximum absolute atomic E-state index is 14.2. The van der Waals surface area contributed by atoms with Crippen molar-refractivity contribution in [2.24, 2.45) is 22.9 Å². The van der Waals surface area contributed by atoms with Crippen LogP contribution in [0.1, 0.15) is 123 Å². The van der Waals surface area contributed by atoms with E-state index in [9.17, 15) is 19.5 Å². The third-order valence-electron chi connectivity index (χ3n) is 11.4. The number of aliphatic hydroxyl groups excluding tert-OH is 1. The topological polar surface area (TPSA) is 102 Å². The Morgan fingerprint density at radius 1 is 0.891 bits per heavy atom. The van der Waals surface area contributed by atoms with Crippen LogP contribution >= 0.6 is 0 Å². The number of nitrogens with zero attached hydrogens (tertiary/aromatic N) is 3. The zero-order chi connectivity index (χ0) is 32.4. The summed E-state index contributed by atoms with van der Waals surface area (Å²) in [6.45, 7) is 7.54. The van der Waals surface area contributed by atoms with Crippen LogP contribution in [0.25, 0.3) is 5.57 Å². The third-order valence-corrected chi connectivity index (χ3v) is 11.4. The zero-order valence-electron chi connectivity index (χ0n) is 28.1. The predicted octanol–water partition coefficient (Wildman–Crippen LogP) is 7.95. The fraction of sp³-hybridized carbons (Fsp3) is 0.632. The monoisotopic (exact) mass is 628 g/mol.